The monoisotopic (exact) mass is 361 g/mol. The lowest BCUT2D eigenvalue weighted by molar-refractivity contribution is -0.384. The van der Waals surface area contributed by atoms with Crippen molar-refractivity contribution in [1.82, 2.24) is 9.97 Å². The molecule has 1 N–H and O–H groups in total. The lowest BCUT2D eigenvalue weighted by Crippen LogP contribution is -2.23. The van der Waals surface area contributed by atoms with Gasteiger partial charge < -0.3 is 15.2 Å². The molecule has 0 saturated carbocycles. The number of non-ortho nitro benzene ring substituents is 1. The Balaban J connectivity index is 2.09. The zero-order chi connectivity index (χ0) is 18.6. The van der Waals surface area contributed by atoms with E-state index in [9.17, 15) is 24.8 Å². The normalized spacial score (nSPS) is 10.3. The third kappa shape index (κ3) is 5.24. The van der Waals surface area contributed by atoms with Crippen molar-refractivity contribution in [3.8, 4) is 0 Å². The van der Waals surface area contributed by atoms with Crippen molar-refractivity contribution in [2.45, 2.75) is 19.0 Å². The third-order valence-electron chi connectivity index (χ3n) is 2.94. The Labute approximate surface area is 146 Å². The molecule has 2 aromatic rings. The molecule has 0 radical (unpaired) electrons. The highest BCUT2D eigenvalue weighted by atomic mass is 32.2. The van der Waals surface area contributed by atoms with Crippen LogP contribution in [-0.2, 0) is 4.79 Å². The Morgan fingerprint density at radius 1 is 1.16 bits per heavy atom. The molecule has 0 aliphatic heterocycles. The van der Waals surface area contributed by atoms with Gasteiger partial charge in [0.2, 0.25) is 5.91 Å². The third-order valence-corrected chi connectivity index (χ3v) is 3.79. The smallest absolute Gasteiger partial charge is 0.272 e. The molecule has 25 heavy (non-hydrogen) atoms. The second-order valence-electron chi connectivity index (χ2n) is 5.08. The van der Waals surface area contributed by atoms with Crippen LogP contribution in [0.1, 0.15) is 21.7 Å². The Morgan fingerprint density at radius 2 is 1.80 bits per heavy atom. The molecule has 1 heterocycles. The first-order valence-electron chi connectivity index (χ1n) is 7.00. The fourth-order valence-electron chi connectivity index (χ4n) is 1.99. The maximum atomic E-state index is 12.0. The summed E-state index contributed by atoms with van der Waals surface area (Å²) >= 11 is 1.10. The molecular weight excluding hydrogens is 348 g/mol. The van der Waals surface area contributed by atoms with E-state index in [2.05, 4.69) is 15.3 Å². The average molecular weight is 361 g/mol. The number of aromatic nitrogens is 2. The maximum Gasteiger partial charge on any atom is 0.272 e. The number of benzene rings is 1. The molecule has 0 spiro atoms. The van der Waals surface area contributed by atoms with E-state index in [-0.39, 0.29) is 11.4 Å². The quantitative estimate of drug-likeness (QED) is 0.349. The second kappa shape index (κ2) is 7.71. The van der Waals surface area contributed by atoms with Crippen molar-refractivity contribution in [2.24, 2.45) is 0 Å². The molecule has 0 atom stereocenters. The number of nitro benzene ring substituents is 1. The van der Waals surface area contributed by atoms with Gasteiger partial charge in [0.25, 0.3) is 5.69 Å². The maximum absolute atomic E-state index is 12.0. The molecule has 0 bridgehead atoms. The zero-order valence-corrected chi connectivity index (χ0v) is 14.1. The molecule has 1 aromatic carbocycles. The van der Waals surface area contributed by atoms with Gasteiger partial charge in [-0.2, -0.15) is 0 Å². The van der Waals surface area contributed by atoms with Gasteiger partial charge in [-0.25, -0.2) is 9.97 Å². The summed E-state index contributed by atoms with van der Waals surface area (Å²) in [6.45, 7) is 3.62. The molecule has 10 heteroatoms. The number of nitro groups is 1. The van der Waals surface area contributed by atoms with E-state index in [1.165, 1.54) is 0 Å². The van der Waals surface area contributed by atoms with Gasteiger partial charge in [-0.15, -0.1) is 0 Å². The van der Waals surface area contributed by atoms with E-state index in [0.717, 1.165) is 41.3 Å². The van der Waals surface area contributed by atoms with Crippen LogP contribution in [0.15, 0.2) is 29.4 Å². The van der Waals surface area contributed by atoms with Crippen molar-refractivity contribution in [2.75, 3.05) is 11.1 Å². The summed E-state index contributed by atoms with van der Waals surface area (Å²) in [6.07, 6.45) is 0. The Kier molecular flexibility index (Phi) is 5.65. The summed E-state index contributed by atoms with van der Waals surface area (Å²) in [4.78, 5) is 41.4. The number of anilines is 1. The first-order valence-corrected chi connectivity index (χ1v) is 7.99. The first kappa shape index (κ1) is 18.3. The minimum atomic E-state index is -1.57. The number of hydrogen-bond acceptors (Lipinski definition) is 8. The van der Waals surface area contributed by atoms with Crippen molar-refractivity contribution >= 4 is 35.0 Å². The van der Waals surface area contributed by atoms with Crippen LogP contribution >= 0.6 is 11.8 Å². The Bertz CT molecular complexity index is 803. The molecule has 9 nitrogen and oxygen atoms in total. The van der Waals surface area contributed by atoms with Crippen molar-refractivity contribution < 1.29 is 19.6 Å². The number of rotatable bonds is 6. The number of carboxylic acids is 1. The van der Waals surface area contributed by atoms with Crippen LogP contribution in [0.4, 0.5) is 11.4 Å². The predicted molar refractivity (Wildman–Crippen MR) is 88.3 cm³/mol. The fraction of sp³-hybridized carbons (Fsp3) is 0.200. The summed E-state index contributed by atoms with van der Waals surface area (Å²) < 4.78 is 0. The molecule has 1 amide bonds. The molecular formula is C15H13N4O5S-. The van der Waals surface area contributed by atoms with Crippen LogP contribution in [0, 0.1) is 24.0 Å². The van der Waals surface area contributed by atoms with E-state index in [1.54, 1.807) is 6.07 Å². The van der Waals surface area contributed by atoms with Gasteiger partial charge in [0, 0.05) is 34.8 Å². The lowest BCUT2D eigenvalue weighted by atomic mass is 10.1. The largest absolute Gasteiger partial charge is 0.545 e. The number of nitrogens with zero attached hydrogens (tertiary/aromatic N) is 3. The number of amides is 1. The van der Waals surface area contributed by atoms with E-state index in [1.807, 2.05) is 13.8 Å². The summed E-state index contributed by atoms with van der Waals surface area (Å²) in [5.74, 6) is -2.08. The summed E-state index contributed by atoms with van der Waals surface area (Å²) in [5, 5.41) is 24.6. The molecule has 0 saturated heterocycles. The van der Waals surface area contributed by atoms with Crippen molar-refractivity contribution in [3.05, 3.63) is 51.3 Å². The summed E-state index contributed by atoms with van der Waals surface area (Å²) in [5.41, 5.74) is 0.692. The van der Waals surface area contributed by atoms with E-state index in [0.29, 0.717) is 5.16 Å². The fourth-order valence-corrected chi connectivity index (χ4v) is 2.74. The first-order chi connectivity index (χ1) is 11.7. The average Bonchev–Trinajstić information content (AvgIpc) is 2.51. The van der Waals surface area contributed by atoms with Crippen LogP contribution in [0.5, 0.6) is 0 Å². The van der Waals surface area contributed by atoms with E-state index in [4.69, 9.17) is 0 Å². The highest BCUT2D eigenvalue weighted by Gasteiger charge is 2.13. The zero-order valence-electron chi connectivity index (χ0n) is 13.3. The number of carboxylic acid groups (broad SMARTS) is 1. The number of thioether (sulfide) groups is 1. The lowest BCUT2D eigenvalue weighted by Gasteiger charge is -2.08. The van der Waals surface area contributed by atoms with Gasteiger partial charge in [0.15, 0.2) is 5.16 Å². The summed E-state index contributed by atoms with van der Waals surface area (Å²) in [7, 11) is 0. The minimum Gasteiger partial charge on any atom is -0.545 e. The molecule has 0 unspecified atom stereocenters. The van der Waals surface area contributed by atoms with Crippen LogP contribution < -0.4 is 10.4 Å². The van der Waals surface area contributed by atoms with Crippen molar-refractivity contribution in [3.63, 3.8) is 0 Å². The molecule has 0 aliphatic rings. The number of aromatic carboxylic acids is 1. The molecule has 2 rings (SSSR count). The topological polar surface area (TPSA) is 138 Å². The minimum absolute atomic E-state index is 0.000316. The van der Waals surface area contributed by atoms with Crippen molar-refractivity contribution in [1.29, 1.82) is 0 Å². The second-order valence-corrected chi connectivity index (χ2v) is 6.03. The van der Waals surface area contributed by atoms with E-state index < -0.39 is 28.1 Å². The van der Waals surface area contributed by atoms with Gasteiger partial charge in [-0.3, -0.25) is 14.9 Å². The predicted octanol–water partition coefficient (Wildman–Crippen LogP) is 1.10. The SMILES string of the molecule is Cc1cc(C)nc(SCC(=O)Nc2cc(C(=O)[O-])cc([N+](=O)[O-])c2)n1. The van der Waals surface area contributed by atoms with Crippen LogP contribution in [0.2, 0.25) is 0 Å². The highest BCUT2D eigenvalue weighted by Crippen LogP contribution is 2.21. The number of aryl methyl sites for hydroxylation is 2. The van der Waals surface area contributed by atoms with E-state index >= 15 is 0 Å². The number of carbonyl (C=O) groups excluding carboxylic acids is 2. The van der Waals surface area contributed by atoms with Gasteiger partial charge in [0.05, 0.1) is 16.6 Å². The highest BCUT2D eigenvalue weighted by molar-refractivity contribution is 7.99. The summed E-state index contributed by atoms with van der Waals surface area (Å²) in [6, 6.07) is 4.83. The number of hydrogen-bond donors (Lipinski definition) is 1. The Hall–Kier alpha value is -3.01. The molecule has 0 fully saturated rings. The molecule has 130 valence electrons. The Morgan fingerprint density at radius 3 is 2.36 bits per heavy atom. The van der Waals surface area contributed by atoms with Gasteiger partial charge in [0.1, 0.15) is 0 Å². The van der Waals surface area contributed by atoms with Crippen LogP contribution in [0.3, 0.4) is 0 Å². The standard InChI is InChI=1S/C15H14N4O5S/c1-8-3-9(2)17-15(16-8)25-7-13(20)18-11-4-10(14(21)22)5-12(6-11)19(23)24/h3-6H,7H2,1-2H3,(H,18,20)(H,21,22)/p-1. The number of nitrogens with one attached hydrogen (secondary N) is 1. The van der Waals surface area contributed by atoms with Crippen LogP contribution in [-0.4, -0.2) is 32.5 Å². The van der Waals surface area contributed by atoms with Gasteiger partial charge >= 0.3 is 0 Å². The van der Waals surface area contributed by atoms with Gasteiger partial charge in [-0.05, 0) is 26.0 Å². The van der Waals surface area contributed by atoms with Gasteiger partial charge in [-0.1, -0.05) is 11.8 Å². The number of carbonyl (C=O) groups is 2. The molecule has 0 aliphatic carbocycles. The molecule has 1 aromatic heterocycles. The van der Waals surface area contributed by atoms with Crippen LogP contribution in [0.25, 0.3) is 0 Å².